The summed E-state index contributed by atoms with van der Waals surface area (Å²) in [6.45, 7) is 1.43. The summed E-state index contributed by atoms with van der Waals surface area (Å²) in [5.74, 6) is 0.0251. The van der Waals surface area contributed by atoms with E-state index < -0.39 is 5.97 Å². The average Bonchev–Trinajstić information content (AvgIpc) is 2.57. The molecule has 0 unspecified atom stereocenters. The fourth-order valence-corrected chi connectivity index (χ4v) is 1.19. The Balaban J connectivity index is 2.00. The predicted molar refractivity (Wildman–Crippen MR) is 54.2 cm³/mol. The van der Waals surface area contributed by atoms with Crippen LogP contribution in [0.2, 0.25) is 0 Å². The lowest BCUT2D eigenvalue weighted by Crippen LogP contribution is -2.16. The van der Waals surface area contributed by atoms with Crippen molar-refractivity contribution in [1.29, 1.82) is 0 Å². The number of unbranched alkanes of at least 4 members (excludes halogenated alkanes) is 1. The SMILES string of the molecule is Cn1cnc(CNCCCCC(=O)O)n1. The summed E-state index contributed by atoms with van der Waals surface area (Å²) in [7, 11) is 1.82. The minimum absolute atomic E-state index is 0.240. The van der Waals surface area contributed by atoms with Gasteiger partial charge in [-0.25, -0.2) is 4.98 Å². The largest absolute Gasteiger partial charge is 0.481 e. The predicted octanol–water partition coefficient (Wildman–Crippen LogP) is 0.160. The standard InChI is InChI=1S/C9H16N4O2/c1-13-7-11-8(12-13)6-10-5-3-2-4-9(14)15/h7,10H,2-6H2,1H3,(H,14,15). The molecule has 6 heteroatoms. The number of rotatable bonds is 7. The monoisotopic (exact) mass is 212 g/mol. The number of carboxylic acids is 1. The first-order valence-electron chi connectivity index (χ1n) is 4.95. The highest BCUT2D eigenvalue weighted by Gasteiger charge is 1.98. The van der Waals surface area contributed by atoms with Crippen molar-refractivity contribution in [2.24, 2.45) is 7.05 Å². The maximum absolute atomic E-state index is 10.2. The van der Waals surface area contributed by atoms with Crippen LogP contribution in [0, 0.1) is 0 Å². The van der Waals surface area contributed by atoms with Crippen LogP contribution in [0.3, 0.4) is 0 Å². The fourth-order valence-electron chi connectivity index (χ4n) is 1.19. The van der Waals surface area contributed by atoms with Crippen molar-refractivity contribution in [3.8, 4) is 0 Å². The van der Waals surface area contributed by atoms with Gasteiger partial charge in [0.1, 0.15) is 6.33 Å². The van der Waals surface area contributed by atoms with Crippen LogP contribution in [0.4, 0.5) is 0 Å². The number of hydrogen-bond acceptors (Lipinski definition) is 4. The molecule has 84 valence electrons. The number of nitrogens with zero attached hydrogens (tertiary/aromatic N) is 3. The highest BCUT2D eigenvalue weighted by Crippen LogP contribution is 1.94. The minimum Gasteiger partial charge on any atom is -0.481 e. The van der Waals surface area contributed by atoms with Crippen molar-refractivity contribution in [3.63, 3.8) is 0 Å². The maximum Gasteiger partial charge on any atom is 0.303 e. The van der Waals surface area contributed by atoms with E-state index in [1.165, 1.54) is 0 Å². The first kappa shape index (κ1) is 11.6. The maximum atomic E-state index is 10.2. The van der Waals surface area contributed by atoms with Crippen LogP contribution in [0.1, 0.15) is 25.1 Å². The van der Waals surface area contributed by atoms with Gasteiger partial charge >= 0.3 is 5.97 Å². The molecule has 0 saturated carbocycles. The van der Waals surface area contributed by atoms with Crippen molar-refractivity contribution in [2.75, 3.05) is 6.54 Å². The minimum atomic E-state index is -0.735. The van der Waals surface area contributed by atoms with Crippen LogP contribution in [0.15, 0.2) is 6.33 Å². The number of carboxylic acid groups (broad SMARTS) is 1. The molecule has 1 rings (SSSR count). The van der Waals surface area contributed by atoms with Gasteiger partial charge in [0, 0.05) is 13.5 Å². The third-order valence-electron chi connectivity index (χ3n) is 1.92. The second kappa shape index (κ2) is 6.13. The first-order chi connectivity index (χ1) is 7.18. The molecule has 0 atom stereocenters. The van der Waals surface area contributed by atoms with Gasteiger partial charge < -0.3 is 10.4 Å². The highest BCUT2D eigenvalue weighted by molar-refractivity contribution is 5.66. The molecule has 1 aromatic heterocycles. The van der Waals surface area contributed by atoms with Crippen LogP contribution in [0.5, 0.6) is 0 Å². The third kappa shape index (κ3) is 5.11. The molecule has 1 aromatic rings. The highest BCUT2D eigenvalue weighted by atomic mass is 16.4. The lowest BCUT2D eigenvalue weighted by atomic mass is 10.2. The van der Waals surface area contributed by atoms with Gasteiger partial charge in [-0.15, -0.1) is 0 Å². The van der Waals surface area contributed by atoms with Gasteiger partial charge in [-0.05, 0) is 19.4 Å². The molecule has 1 heterocycles. The van der Waals surface area contributed by atoms with Crippen LogP contribution in [-0.4, -0.2) is 32.4 Å². The van der Waals surface area contributed by atoms with E-state index in [-0.39, 0.29) is 6.42 Å². The van der Waals surface area contributed by atoms with Crippen LogP contribution in [0.25, 0.3) is 0 Å². The molecule has 0 fully saturated rings. The van der Waals surface area contributed by atoms with Gasteiger partial charge in [0.15, 0.2) is 5.82 Å². The quantitative estimate of drug-likeness (QED) is 0.629. The average molecular weight is 212 g/mol. The van der Waals surface area contributed by atoms with Crippen molar-refractivity contribution >= 4 is 5.97 Å². The van der Waals surface area contributed by atoms with Gasteiger partial charge in [-0.2, -0.15) is 5.10 Å². The van der Waals surface area contributed by atoms with E-state index in [2.05, 4.69) is 15.4 Å². The molecule has 15 heavy (non-hydrogen) atoms. The van der Waals surface area contributed by atoms with Gasteiger partial charge in [0.2, 0.25) is 0 Å². The number of aryl methyl sites for hydroxylation is 1. The molecule has 6 nitrogen and oxygen atoms in total. The summed E-state index contributed by atoms with van der Waals surface area (Å²) in [6, 6.07) is 0. The van der Waals surface area contributed by atoms with E-state index in [1.54, 1.807) is 11.0 Å². The lowest BCUT2D eigenvalue weighted by molar-refractivity contribution is -0.137. The molecule has 0 bridgehead atoms. The van der Waals surface area contributed by atoms with Gasteiger partial charge in [0.25, 0.3) is 0 Å². The molecule has 0 saturated heterocycles. The third-order valence-corrected chi connectivity index (χ3v) is 1.92. The topological polar surface area (TPSA) is 80.0 Å². The van der Waals surface area contributed by atoms with Gasteiger partial charge in [-0.3, -0.25) is 9.48 Å². The molecule has 2 N–H and O–H groups in total. The molecule has 0 radical (unpaired) electrons. The number of nitrogens with one attached hydrogen (secondary N) is 1. The molecule has 0 amide bonds. The molecular formula is C9H16N4O2. The van der Waals surface area contributed by atoms with Crippen LogP contribution < -0.4 is 5.32 Å². The summed E-state index contributed by atoms with van der Waals surface area (Å²) in [5, 5.41) is 15.7. The van der Waals surface area contributed by atoms with Crippen molar-refractivity contribution in [1.82, 2.24) is 20.1 Å². The summed E-state index contributed by atoms with van der Waals surface area (Å²) in [5.41, 5.74) is 0. The molecule has 0 aromatic carbocycles. The van der Waals surface area contributed by atoms with Gasteiger partial charge in [-0.1, -0.05) is 0 Å². The van der Waals surface area contributed by atoms with E-state index in [0.29, 0.717) is 13.0 Å². The van der Waals surface area contributed by atoms with E-state index in [0.717, 1.165) is 18.8 Å². The number of aromatic nitrogens is 3. The van der Waals surface area contributed by atoms with Crippen molar-refractivity contribution < 1.29 is 9.90 Å². The lowest BCUT2D eigenvalue weighted by Gasteiger charge is -2.00. The second-order valence-corrected chi connectivity index (χ2v) is 3.36. The Morgan fingerprint density at radius 1 is 1.60 bits per heavy atom. The van der Waals surface area contributed by atoms with E-state index in [4.69, 9.17) is 5.11 Å². The number of aliphatic carboxylic acids is 1. The zero-order chi connectivity index (χ0) is 11.1. The van der Waals surface area contributed by atoms with E-state index in [9.17, 15) is 4.79 Å². The number of hydrogen-bond donors (Lipinski definition) is 2. The Bertz CT molecular complexity index is 311. The van der Waals surface area contributed by atoms with Crippen molar-refractivity contribution in [2.45, 2.75) is 25.8 Å². The van der Waals surface area contributed by atoms with E-state index >= 15 is 0 Å². The Morgan fingerprint density at radius 2 is 2.40 bits per heavy atom. The zero-order valence-electron chi connectivity index (χ0n) is 8.81. The molecule has 0 spiro atoms. The Labute approximate surface area is 88.3 Å². The molecule has 0 aliphatic heterocycles. The summed E-state index contributed by atoms with van der Waals surface area (Å²) >= 11 is 0. The normalized spacial score (nSPS) is 10.5. The molecule has 0 aliphatic rings. The summed E-state index contributed by atoms with van der Waals surface area (Å²) < 4.78 is 1.65. The number of carbonyl (C=O) groups is 1. The summed E-state index contributed by atoms with van der Waals surface area (Å²) in [6.07, 6.45) is 3.46. The Hall–Kier alpha value is -1.43. The first-order valence-corrected chi connectivity index (χ1v) is 4.95. The Morgan fingerprint density at radius 3 is 3.00 bits per heavy atom. The van der Waals surface area contributed by atoms with E-state index in [1.807, 2.05) is 7.05 Å². The summed E-state index contributed by atoms with van der Waals surface area (Å²) in [4.78, 5) is 14.3. The molecule has 0 aliphatic carbocycles. The second-order valence-electron chi connectivity index (χ2n) is 3.36. The molecular weight excluding hydrogens is 196 g/mol. The Kier molecular flexibility index (Phi) is 4.76. The van der Waals surface area contributed by atoms with Crippen LogP contribution in [-0.2, 0) is 18.4 Å². The zero-order valence-corrected chi connectivity index (χ0v) is 8.81. The fraction of sp³-hybridized carbons (Fsp3) is 0.667. The van der Waals surface area contributed by atoms with Gasteiger partial charge in [0.05, 0.1) is 6.54 Å². The van der Waals surface area contributed by atoms with Crippen molar-refractivity contribution in [3.05, 3.63) is 12.2 Å². The van der Waals surface area contributed by atoms with Crippen LogP contribution >= 0.6 is 0 Å². The smallest absolute Gasteiger partial charge is 0.303 e.